The van der Waals surface area contributed by atoms with E-state index < -0.39 is 12.7 Å². The van der Waals surface area contributed by atoms with Crippen molar-refractivity contribution in [2.75, 3.05) is 23.3 Å². The lowest BCUT2D eigenvalue weighted by atomic mass is 10.1. The summed E-state index contributed by atoms with van der Waals surface area (Å²) in [6, 6.07) is 5.27. The minimum Gasteiger partial charge on any atom is -0.406 e. The van der Waals surface area contributed by atoms with E-state index >= 15 is 0 Å². The van der Waals surface area contributed by atoms with Crippen molar-refractivity contribution in [3.63, 3.8) is 0 Å². The van der Waals surface area contributed by atoms with Crippen molar-refractivity contribution in [3.05, 3.63) is 53.6 Å². The highest BCUT2D eigenvalue weighted by Crippen LogP contribution is 2.47. The fourth-order valence-electron chi connectivity index (χ4n) is 4.86. The Morgan fingerprint density at radius 2 is 2.11 bits per heavy atom. The zero-order valence-electron chi connectivity index (χ0n) is 20.2. The second-order valence-corrected chi connectivity index (χ2v) is 10.0. The Balaban J connectivity index is 1.45. The maximum atomic E-state index is 13.3. The summed E-state index contributed by atoms with van der Waals surface area (Å²) >= 11 is 1.16. The summed E-state index contributed by atoms with van der Waals surface area (Å²) in [7, 11) is 0. The van der Waals surface area contributed by atoms with Crippen LogP contribution in [0.15, 0.2) is 43.1 Å². The first-order chi connectivity index (χ1) is 18.1. The number of rotatable bonds is 5. The number of pyridine rings is 1. The van der Waals surface area contributed by atoms with E-state index in [-0.39, 0.29) is 23.6 Å². The van der Waals surface area contributed by atoms with E-state index in [1.807, 2.05) is 0 Å². The summed E-state index contributed by atoms with van der Waals surface area (Å²) in [4.78, 5) is 33.8. The molecule has 38 heavy (non-hydrogen) atoms. The Hall–Kier alpha value is -3.84. The zero-order valence-corrected chi connectivity index (χ0v) is 21.0. The number of ether oxygens (including phenoxy) is 1. The van der Waals surface area contributed by atoms with Crippen LogP contribution in [0.2, 0.25) is 0 Å². The van der Waals surface area contributed by atoms with E-state index in [1.165, 1.54) is 29.2 Å². The van der Waals surface area contributed by atoms with Crippen LogP contribution in [0.4, 0.5) is 30.2 Å². The zero-order chi connectivity index (χ0) is 27.2. The number of amides is 2. The van der Waals surface area contributed by atoms with E-state index in [0.717, 1.165) is 17.8 Å². The number of hydrogen-bond acceptors (Lipinski definition) is 8. The molecule has 1 aromatic carbocycles. The smallest absolute Gasteiger partial charge is 0.406 e. The molecule has 2 aliphatic heterocycles. The van der Waals surface area contributed by atoms with Gasteiger partial charge >= 0.3 is 6.36 Å². The molecule has 0 radical (unpaired) electrons. The SMILES string of the molecule is C=CC(=O)N1CCC[C@@H](NC(=O)c2sc3nccc4c3c2NC(O)N4c2ccc(OC(F)(F)F)cc2C)C1. The Kier molecular flexibility index (Phi) is 6.65. The van der Waals surface area contributed by atoms with Gasteiger partial charge in [-0.05, 0) is 55.7 Å². The van der Waals surface area contributed by atoms with E-state index in [4.69, 9.17) is 0 Å². The number of nitrogens with one attached hydrogen (secondary N) is 2. The van der Waals surface area contributed by atoms with Crippen LogP contribution in [0.1, 0.15) is 28.1 Å². The highest BCUT2D eigenvalue weighted by atomic mass is 32.1. The third-order valence-corrected chi connectivity index (χ3v) is 7.55. The van der Waals surface area contributed by atoms with Crippen molar-refractivity contribution in [3.8, 4) is 5.75 Å². The summed E-state index contributed by atoms with van der Waals surface area (Å²) in [5.74, 6) is -0.915. The van der Waals surface area contributed by atoms with Crippen LogP contribution in [0.5, 0.6) is 5.75 Å². The standard InChI is InChI=1S/C25H24F3N5O4S/c1-3-18(34)32-10-4-5-14(12-32)30-22(35)21-20-19-17(8-9-29-23(19)38-21)33(24(36)31-20)16-7-6-15(11-13(16)2)37-25(26,27)28/h3,6-9,11,14,24,31,36H,1,4-5,10,12H2,2H3,(H,30,35)/t14-,24?/m1/s1. The number of anilines is 3. The number of nitrogens with zero attached hydrogens (tertiary/aromatic N) is 3. The number of benzene rings is 1. The van der Waals surface area contributed by atoms with Gasteiger partial charge in [-0.15, -0.1) is 24.5 Å². The minimum absolute atomic E-state index is 0.187. The van der Waals surface area contributed by atoms with Gasteiger partial charge in [0.05, 0.1) is 16.8 Å². The van der Waals surface area contributed by atoms with Crippen LogP contribution in [-0.2, 0) is 4.79 Å². The Bertz CT molecular complexity index is 1430. The monoisotopic (exact) mass is 547 g/mol. The first-order valence-electron chi connectivity index (χ1n) is 11.8. The molecule has 2 aliphatic rings. The van der Waals surface area contributed by atoms with Crippen LogP contribution in [-0.4, -0.2) is 58.7 Å². The Morgan fingerprint density at radius 3 is 2.82 bits per heavy atom. The number of carbonyl (C=O) groups excluding carboxylic acids is 2. The molecule has 5 rings (SSSR count). The first kappa shape index (κ1) is 25.8. The van der Waals surface area contributed by atoms with Crippen molar-refractivity contribution in [2.24, 2.45) is 0 Å². The first-order valence-corrected chi connectivity index (χ1v) is 12.6. The molecule has 9 nitrogen and oxygen atoms in total. The quantitative estimate of drug-likeness (QED) is 0.410. The molecule has 0 saturated carbocycles. The number of likely N-dealkylation sites (tertiary alicyclic amines) is 1. The molecule has 3 aromatic rings. The second kappa shape index (κ2) is 9.80. The van der Waals surface area contributed by atoms with Crippen molar-refractivity contribution in [1.82, 2.24) is 15.2 Å². The second-order valence-electron chi connectivity index (χ2n) is 9.00. The summed E-state index contributed by atoms with van der Waals surface area (Å²) < 4.78 is 42.0. The lowest BCUT2D eigenvalue weighted by Crippen LogP contribution is -2.49. The van der Waals surface area contributed by atoms with E-state index in [9.17, 15) is 27.9 Å². The van der Waals surface area contributed by atoms with E-state index in [0.29, 0.717) is 57.2 Å². The van der Waals surface area contributed by atoms with Gasteiger partial charge in [-0.25, -0.2) is 4.98 Å². The summed E-state index contributed by atoms with van der Waals surface area (Å²) in [5, 5.41) is 17.6. The molecule has 1 saturated heterocycles. The number of aryl methyl sites for hydroxylation is 1. The molecule has 200 valence electrons. The molecular formula is C25H24F3N5O4S. The lowest BCUT2D eigenvalue weighted by Gasteiger charge is -2.36. The number of piperidine rings is 1. The topological polar surface area (TPSA) is 107 Å². The predicted molar refractivity (Wildman–Crippen MR) is 137 cm³/mol. The fraction of sp³-hybridized carbons (Fsp3) is 0.320. The number of thiophene rings is 1. The highest BCUT2D eigenvalue weighted by Gasteiger charge is 2.35. The summed E-state index contributed by atoms with van der Waals surface area (Å²) in [6.45, 7) is 6.10. The maximum absolute atomic E-state index is 13.3. The van der Waals surface area contributed by atoms with Crippen molar-refractivity contribution >= 4 is 50.4 Å². The molecule has 2 aromatic heterocycles. The molecule has 0 spiro atoms. The third kappa shape index (κ3) is 4.86. The highest BCUT2D eigenvalue weighted by molar-refractivity contribution is 7.21. The number of alkyl halides is 3. The van der Waals surface area contributed by atoms with Crippen LogP contribution in [0.3, 0.4) is 0 Å². The molecule has 4 heterocycles. The number of aliphatic hydroxyl groups is 1. The van der Waals surface area contributed by atoms with Crippen molar-refractivity contribution < 1.29 is 32.6 Å². The number of halogens is 3. The number of hydrogen-bond donors (Lipinski definition) is 3. The Morgan fingerprint density at radius 1 is 1.32 bits per heavy atom. The number of aliphatic hydroxyl groups excluding tert-OH is 1. The van der Waals surface area contributed by atoms with Gasteiger partial charge in [-0.1, -0.05) is 6.58 Å². The molecule has 2 atom stereocenters. The summed E-state index contributed by atoms with van der Waals surface area (Å²) in [5.41, 5.74) is 1.84. The number of carbonyl (C=O) groups is 2. The van der Waals surface area contributed by atoms with Gasteiger partial charge in [0.2, 0.25) is 12.3 Å². The third-order valence-electron chi connectivity index (χ3n) is 6.46. The molecule has 2 amide bonds. The van der Waals surface area contributed by atoms with Gasteiger partial charge in [0.1, 0.15) is 15.5 Å². The normalized spacial score (nSPS) is 19.2. The van der Waals surface area contributed by atoms with Crippen molar-refractivity contribution in [1.29, 1.82) is 0 Å². The van der Waals surface area contributed by atoms with Gasteiger partial charge in [0, 0.05) is 31.0 Å². The average molecular weight is 548 g/mol. The van der Waals surface area contributed by atoms with Gasteiger partial charge in [0.15, 0.2) is 0 Å². The fourth-order valence-corrected chi connectivity index (χ4v) is 5.89. The van der Waals surface area contributed by atoms with Gasteiger partial charge in [-0.3, -0.25) is 14.5 Å². The van der Waals surface area contributed by atoms with Crippen LogP contribution in [0, 0.1) is 6.92 Å². The minimum atomic E-state index is -4.82. The molecule has 0 aliphatic carbocycles. The van der Waals surface area contributed by atoms with Gasteiger partial charge in [0.25, 0.3) is 5.91 Å². The average Bonchev–Trinajstić information content (AvgIpc) is 3.23. The maximum Gasteiger partial charge on any atom is 0.573 e. The van der Waals surface area contributed by atoms with Crippen molar-refractivity contribution in [2.45, 2.75) is 38.5 Å². The van der Waals surface area contributed by atoms with Gasteiger partial charge < -0.3 is 25.4 Å². The lowest BCUT2D eigenvalue weighted by molar-refractivity contribution is -0.274. The largest absolute Gasteiger partial charge is 0.573 e. The molecule has 13 heteroatoms. The predicted octanol–water partition coefficient (Wildman–Crippen LogP) is 4.25. The van der Waals surface area contributed by atoms with E-state index in [2.05, 4.69) is 26.9 Å². The molecule has 1 unspecified atom stereocenters. The molecule has 3 N–H and O–H groups in total. The van der Waals surface area contributed by atoms with Crippen LogP contribution >= 0.6 is 11.3 Å². The molecular weight excluding hydrogens is 523 g/mol. The van der Waals surface area contributed by atoms with E-state index in [1.54, 1.807) is 24.1 Å². The van der Waals surface area contributed by atoms with Gasteiger partial charge in [-0.2, -0.15) is 0 Å². The molecule has 0 bridgehead atoms. The molecule has 1 fully saturated rings. The Labute approximate surface area is 219 Å². The summed E-state index contributed by atoms with van der Waals surface area (Å²) in [6.07, 6.45) is -1.89. The van der Waals surface area contributed by atoms with Crippen LogP contribution in [0.25, 0.3) is 10.2 Å². The number of aromatic nitrogens is 1. The van der Waals surface area contributed by atoms with Crippen LogP contribution < -0.4 is 20.3 Å².